The molecule has 1 unspecified atom stereocenters. The Balaban J connectivity index is 2.32. The van der Waals surface area contributed by atoms with E-state index in [1.807, 2.05) is 12.1 Å². The Kier molecular flexibility index (Phi) is 2.92. The van der Waals surface area contributed by atoms with Gasteiger partial charge in [0.15, 0.2) is 0 Å². The highest BCUT2D eigenvalue weighted by Gasteiger charge is 2.35. The zero-order valence-corrected chi connectivity index (χ0v) is 9.15. The summed E-state index contributed by atoms with van der Waals surface area (Å²) in [5.74, 6) is 0.567. The maximum atomic E-state index is 6.51. The molecule has 1 aliphatic rings. The molecule has 2 rings (SSSR count). The monoisotopic (exact) mass is 201 g/mol. The van der Waals surface area contributed by atoms with E-state index in [9.17, 15) is 0 Å². The topological polar surface area (TPSA) is 26.0 Å². The van der Waals surface area contributed by atoms with E-state index in [-0.39, 0.29) is 5.54 Å². The van der Waals surface area contributed by atoms with E-state index >= 15 is 0 Å². The van der Waals surface area contributed by atoms with E-state index in [0.29, 0.717) is 5.92 Å². The van der Waals surface area contributed by atoms with Crippen molar-refractivity contribution in [2.75, 3.05) is 0 Å². The van der Waals surface area contributed by atoms with Crippen LogP contribution in [0.5, 0.6) is 0 Å². The van der Waals surface area contributed by atoms with Crippen LogP contribution in [-0.2, 0) is 5.54 Å². The molecule has 0 heterocycles. The highest BCUT2D eigenvalue weighted by molar-refractivity contribution is 5.30. The Bertz CT molecular complexity index is 324. The van der Waals surface area contributed by atoms with Crippen LogP contribution in [-0.4, -0.2) is 0 Å². The van der Waals surface area contributed by atoms with Crippen LogP contribution >= 0.6 is 0 Å². The normalized spacial score (nSPS) is 21.1. The van der Waals surface area contributed by atoms with E-state index in [1.54, 1.807) is 0 Å². The van der Waals surface area contributed by atoms with Gasteiger partial charge in [-0.1, -0.05) is 49.2 Å². The minimum Gasteiger partial charge on any atom is -0.318 e. The average Bonchev–Trinajstić information content (AvgIpc) is 2.83. The highest BCUT2D eigenvalue weighted by Crippen LogP contribution is 2.39. The molecule has 0 aliphatic heterocycles. The molecule has 1 heteroatoms. The fourth-order valence-electron chi connectivity index (χ4n) is 2.65. The van der Waals surface area contributed by atoms with Crippen LogP contribution in [0.15, 0.2) is 43.0 Å². The van der Waals surface area contributed by atoms with Crippen LogP contribution in [0.25, 0.3) is 0 Å². The first-order valence-corrected chi connectivity index (χ1v) is 5.75. The molecule has 2 N–H and O–H groups in total. The lowest BCUT2D eigenvalue weighted by atomic mass is 9.78. The maximum Gasteiger partial charge on any atom is 0.0621 e. The summed E-state index contributed by atoms with van der Waals surface area (Å²) < 4.78 is 0. The van der Waals surface area contributed by atoms with Crippen molar-refractivity contribution in [1.29, 1.82) is 0 Å². The molecule has 0 spiro atoms. The van der Waals surface area contributed by atoms with Gasteiger partial charge in [-0.05, 0) is 24.3 Å². The lowest BCUT2D eigenvalue weighted by Gasteiger charge is -2.33. The molecule has 15 heavy (non-hydrogen) atoms. The van der Waals surface area contributed by atoms with Gasteiger partial charge in [-0.3, -0.25) is 0 Å². The van der Waals surface area contributed by atoms with Crippen molar-refractivity contribution < 1.29 is 0 Å². The fraction of sp³-hybridized carbons (Fsp3) is 0.429. The summed E-state index contributed by atoms with van der Waals surface area (Å²) in [5.41, 5.74) is 7.39. The number of nitrogens with two attached hydrogens (primary N) is 1. The smallest absolute Gasteiger partial charge is 0.0621 e. The zero-order chi connectivity index (χ0) is 10.7. The molecule has 0 saturated heterocycles. The van der Waals surface area contributed by atoms with Crippen molar-refractivity contribution in [2.24, 2.45) is 11.7 Å². The lowest BCUT2D eigenvalue weighted by Crippen LogP contribution is -2.41. The summed E-state index contributed by atoms with van der Waals surface area (Å²) in [4.78, 5) is 0. The van der Waals surface area contributed by atoms with Gasteiger partial charge in [0, 0.05) is 0 Å². The molecular formula is C14H19N. The van der Waals surface area contributed by atoms with Crippen LogP contribution in [0.2, 0.25) is 0 Å². The van der Waals surface area contributed by atoms with Crippen LogP contribution in [0, 0.1) is 5.92 Å². The standard InChI is InChI=1S/C14H19N/c1-2-14(15,13-10-6-7-11-13)12-8-4-3-5-9-12/h2-5,8-9,13H,1,6-7,10-11,15H2. The molecule has 80 valence electrons. The molecule has 1 aliphatic carbocycles. The Hall–Kier alpha value is -1.08. The molecule has 1 aromatic rings. The Labute approximate surface area is 92.0 Å². The number of benzene rings is 1. The third-order valence-electron chi connectivity index (χ3n) is 3.64. The SMILES string of the molecule is C=CC(N)(c1ccccc1)C1CCCC1. The van der Waals surface area contributed by atoms with Gasteiger partial charge in [0.05, 0.1) is 5.54 Å². The fourth-order valence-corrected chi connectivity index (χ4v) is 2.65. The minimum atomic E-state index is -0.322. The molecule has 1 atom stereocenters. The summed E-state index contributed by atoms with van der Waals surface area (Å²) in [5, 5.41) is 0. The molecular weight excluding hydrogens is 182 g/mol. The highest BCUT2D eigenvalue weighted by atomic mass is 14.8. The first kappa shape index (κ1) is 10.4. The molecule has 0 radical (unpaired) electrons. The molecule has 0 bridgehead atoms. The summed E-state index contributed by atoms with van der Waals surface area (Å²) in [7, 11) is 0. The number of rotatable bonds is 3. The van der Waals surface area contributed by atoms with E-state index < -0.39 is 0 Å². The van der Waals surface area contributed by atoms with Gasteiger partial charge in [0.1, 0.15) is 0 Å². The number of hydrogen-bond acceptors (Lipinski definition) is 1. The summed E-state index contributed by atoms with van der Waals surface area (Å²) in [6, 6.07) is 10.4. The maximum absolute atomic E-state index is 6.51. The van der Waals surface area contributed by atoms with E-state index in [1.165, 1.54) is 31.2 Å². The first-order valence-electron chi connectivity index (χ1n) is 5.75. The Morgan fingerprint density at radius 2 is 1.80 bits per heavy atom. The second-order valence-electron chi connectivity index (χ2n) is 4.48. The first-order chi connectivity index (χ1) is 7.27. The molecule has 1 fully saturated rings. The minimum absolute atomic E-state index is 0.322. The summed E-state index contributed by atoms with van der Waals surface area (Å²) >= 11 is 0. The second-order valence-corrected chi connectivity index (χ2v) is 4.48. The van der Waals surface area contributed by atoms with Gasteiger partial charge in [-0.2, -0.15) is 0 Å². The third kappa shape index (κ3) is 1.84. The van der Waals surface area contributed by atoms with Crippen LogP contribution in [0.1, 0.15) is 31.2 Å². The summed E-state index contributed by atoms with van der Waals surface area (Å²) in [6.07, 6.45) is 7.02. The van der Waals surface area contributed by atoms with Crippen LogP contribution < -0.4 is 5.73 Å². The third-order valence-corrected chi connectivity index (χ3v) is 3.64. The van der Waals surface area contributed by atoms with Gasteiger partial charge in [-0.25, -0.2) is 0 Å². The van der Waals surface area contributed by atoms with Crippen LogP contribution in [0.4, 0.5) is 0 Å². The largest absolute Gasteiger partial charge is 0.318 e. The van der Waals surface area contributed by atoms with Crippen molar-refractivity contribution in [3.05, 3.63) is 48.6 Å². The molecule has 1 aromatic carbocycles. The lowest BCUT2D eigenvalue weighted by molar-refractivity contribution is 0.348. The second kappa shape index (κ2) is 4.19. The Morgan fingerprint density at radius 3 is 2.33 bits per heavy atom. The molecule has 0 aromatic heterocycles. The zero-order valence-electron chi connectivity index (χ0n) is 9.15. The quantitative estimate of drug-likeness (QED) is 0.747. The number of hydrogen-bond donors (Lipinski definition) is 1. The van der Waals surface area contributed by atoms with E-state index in [0.717, 1.165) is 0 Å². The average molecular weight is 201 g/mol. The van der Waals surface area contributed by atoms with Gasteiger partial charge in [0.2, 0.25) is 0 Å². The van der Waals surface area contributed by atoms with E-state index in [2.05, 4.69) is 30.8 Å². The molecule has 1 saturated carbocycles. The van der Waals surface area contributed by atoms with Gasteiger partial charge in [0.25, 0.3) is 0 Å². The Morgan fingerprint density at radius 1 is 1.20 bits per heavy atom. The van der Waals surface area contributed by atoms with Crippen LogP contribution in [0.3, 0.4) is 0 Å². The van der Waals surface area contributed by atoms with Gasteiger partial charge >= 0.3 is 0 Å². The summed E-state index contributed by atoms with van der Waals surface area (Å²) in [6.45, 7) is 3.93. The van der Waals surface area contributed by atoms with E-state index in [4.69, 9.17) is 5.73 Å². The molecule has 0 amide bonds. The van der Waals surface area contributed by atoms with Crippen molar-refractivity contribution >= 4 is 0 Å². The van der Waals surface area contributed by atoms with Gasteiger partial charge in [-0.15, -0.1) is 6.58 Å². The molecule has 1 nitrogen and oxygen atoms in total. The van der Waals surface area contributed by atoms with Gasteiger partial charge < -0.3 is 5.73 Å². The van der Waals surface area contributed by atoms with Crippen molar-refractivity contribution in [1.82, 2.24) is 0 Å². The van der Waals surface area contributed by atoms with Crippen molar-refractivity contribution in [3.63, 3.8) is 0 Å². The predicted molar refractivity (Wildman–Crippen MR) is 64.5 cm³/mol. The van der Waals surface area contributed by atoms with Crippen molar-refractivity contribution in [3.8, 4) is 0 Å². The predicted octanol–water partition coefficient (Wildman–Crippen LogP) is 3.22. The van der Waals surface area contributed by atoms with Crippen molar-refractivity contribution in [2.45, 2.75) is 31.2 Å².